The van der Waals surface area contributed by atoms with E-state index in [0.717, 1.165) is 0 Å². The van der Waals surface area contributed by atoms with Gasteiger partial charge in [0.1, 0.15) is 42.1 Å². The molecule has 3 aliphatic carbocycles. The summed E-state index contributed by atoms with van der Waals surface area (Å²) in [5.41, 5.74) is 0.924. The van der Waals surface area contributed by atoms with Crippen molar-refractivity contribution in [3.05, 3.63) is 45.7 Å². The Morgan fingerprint density at radius 3 is 2.43 bits per heavy atom. The molecule has 15 heteroatoms. The summed E-state index contributed by atoms with van der Waals surface area (Å²) in [5, 5.41) is 59.8. The maximum Gasteiger partial charge on any atom is 0.318 e. The molecule has 0 saturated heterocycles. The van der Waals surface area contributed by atoms with Gasteiger partial charge in [0.25, 0.3) is 5.91 Å². The van der Waals surface area contributed by atoms with Gasteiger partial charge in [0.2, 0.25) is 0 Å². The van der Waals surface area contributed by atoms with Crippen molar-refractivity contribution < 1.29 is 59.0 Å². The molecule has 0 fully saturated rings. The van der Waals surface area contributed by atoms with Gasteiger partial charge in [0.15, 0.2) is 17.2 Å². The summed E-state index contributed by atoms with van der Waals surface area (Å²) in [6.07, 6.45) is -3.64. The number of phenolic OH excluding ortho intramolecular Hbond substituents is 1. The Balaban J connectivity index is 1.72. The van der Waals surface area contributed by atoms with E-state index in [1.54, 1.807) is 13.8 Å². The maximum absolute atomic E-state index is 13.9. The number of phenols is 1. The molecule has 0 saturated carbocycles. The molecule has 0 spiro atoms. The highest BCUT2D eigenvalue weighted by Crippen LogP contribution is 2.54. The van der Waals surface area contributed by atoms with Crippen LogP contribution in [0.4, 0.5) is 5.69 Å². The van der Waals surface area contributed by atoms with Gasteiger partial charge in [0, 0.05) is 11.5 Å². The number of primary amides is 1. The first-order valence-corrected chi connectivity index (χ1v) is 13.8. The van der Waals surface area contributed by atoms with E-state index in [1.165, 1.54) is 31.1 Å². The molecule has 0 heterocycles. The van der Waals surface area contributed by atoms with E-state index in [4.69, 9.17) is 15.2 Å². The molecule has 1 aromatic rings. The van der Waals surface area contributed by atoms with Gasteiger partial charge in [-0.25, -0.2) is 0 Å². The first-order valence-electron chi connectivity index (χ1n) is 13.8. The van der Waals surface area contributed by atoms with Crippen molar-refractivity contribution >= 4 is 35.4 Å². The Hall–Kier alpha value is -4.15. The number of esters is 1. The topological polar surface area (TPSA) is 246 Å². The fraction of sp³-hybridized carbons (Fsp3) is 0.483. The average Bonchev–Trinajstić information content (AvgIpc) is 2.95. The molecular weight excluding hydrogens is 582 g/mol. The Labute approximate surface area is 251 Å². The number of amides is 1. The molecule has 8 N–H and O–H groups in total. The smallest absolute Gasteiger partial charge is 0.318 e. The molecule has 0 radical (unpaired) electrons. The van der Waals surface area contributed by atoms with Crippen LogP contribution in [0.5, 0.6) is 5.75 Å². The molecular formula is C29H35N3O12. The minimum absolute atomic E-state index is 0.00395. The summed E-state index contributed by atoms with van der Waals surface area (Å²) >= 11 is 0. The molecule has 44 heavy (non-hydrogen) atoms. The predicted octanol–water partition coefficient (Wildman–Crippen LogP) is -1.35. The minimum atomic E-state index is -2.88. The van der Waals surface area contributed by atoms with Crippen LogP contribution in [0, 0.1) is 11.8 Å². The van der Waals surface area contributed by atoms with Gasteiger partial charge in [-0.05, 0) is 38.2 Å². The van der Waals surface area contributed by atoms with Gasteiger partial charge < -0.3 is 50.9 Å². The number of aromatic hydroxyl groups is 1. The van der Waals surface area contributed by atoms with E-state index in [1.807, 2.05) is 0 Å². The first-order chi connectivity index (χ1) is 20.7. The van der Waals surface area contributed by atoms with Crippen LogP contribution in [0.15, 0.2) is 34.6 Å². The molecule has 0 aromatic heterocycles. The highest BCUT2D eigenvalue weighted by molar-refractivity contribution is 6.22. The number of ether oxygens (including phenoxy) is 2. The number of aldehydes is 1. The Kier molecular flexibility index (Phi) is 9.00. The number of aliphatic hydroxyl groups excluding tert-OH is 3. The first kappa shape index (κ1) is 32.8. The lowest BCUT2D eigenvalue weighted by molar-refractivity contribution is -0.165. The summed E-state index contributed by atoms with van der Waals surface area (Å²) in [7, 11) is 2.87. The van der Waals surface area contributed by atoms with Gasteiger partial charge in [-0.2, -0.15) is 0 Å². The van der Waals surface area contributed by atoms with E-state index in [9.17, 15) is 49.5 Å². The van der Waals surface area contributed by atoms with Gasteiger partial charge in [-0.3, -0.25) is 24.1 Å². The predicted molar refractivity (Wildman–Crippen MR) is 150 cm³/mol. The third kappa shape index (κ3) is 4.86. The van der Waals surface area contributed by atoms with E-state index >= 15 is 0 Å². The van der Waals surface area contributed by atoms with Crippen LogP contribution < -0.4 is 11.1 Å². The van der Waals surface area contributed by atoms with Gasteiger partial charge in [-0.15, -0.1) is 0 Å². The number of nitrogens with zero attached hydrogens (tertiary/aromatic N) is 1. The Morgan fingerprint density at radius 1 is 1.20 bits per heavy atom. The molecule has 7 atom stereocenters. The van der Waals surface area contributed by atoms with Crippen LogP contribution >= 0.6 is 0 Å². The number of ketones is 2. The largest absolute Gasteiger partial charge is 0.508 e. The SMILES string of the molecule is CCOC(=O)C(C=O)COCNc1ccc2c(c1O)C(=O)C1=C(C2C)C(O)C2[C@H](N(C)C)C(=O)C(C(N)=O)=C(O)C2(O)C1O. The van der Waals surface area contributed by atoms with Crippen LogP contribution in [0.25, 0.3) is 0 Å². The normalized spacial score (nSPS) is 28.7. The number of nitrogens with one attached hydrogen (secondary N) is 1. The van der Waals surface area contributed by atoms with Crippen molar-refractivity contribution in [3.8, 4) is 5.75 Å². The van der Waals surface area contributed by atoms with Crippen LogP contribution in [-0.4, -0.2) is 118 Å². The number of nitrogens with two attached hydrogens (primary N) is 1. The van der Waals surface area contributed by atoms with E-state index < -0.39 is 87.7 Å². The van der Waals surface area contributed by atoms with Gasteiger partial charge >= 0.3 is 5.97 Å². The summed E-state index contributed by atoms with van der Waals surface area (Å²) in [5.74, 6) is -9.54. The molecule has 3 aliphatic rings. The van der Waals surface area contributed by atoms with Gasteiger partial charge in [0.05, 0.1) is 42.5 Å². The Bertz CT molecular complexity index is 1480. The summed E-state index contributed by atoms with van der Waals surface area (Å²) in [4.78, 5) is 63.6. The second kappa shape index (κ2) is 12.1. The van der Waals surface area contributed by atoms with Crippen LogP contribution in [0.1, 0.15) is 35.7 Å². The minimum Gasteiger partial charge on any atom is -0.508 e. The van der Waals surface area contributed by atoms with Gasteiger partial charge in [-0.1, -0.05) is 13.0 Å². The van der Waals surface area contributed by atoms with Crippen molar-refractivity contribution in [2.24, 2.45) is 17.6 Å². The number of likely N-dealkylation sites (N-methyl/N-ethyl adjacent to an activating group) is 1. The fourth-order valence-electron chi connectivity index (χ4n) is 6.40. The molecule has 1 amide bonds. The lowest BCUT2D eigenvalue weighted by atomic mass is 9.56. The molecule has 15 nitrogen and oxygen atoms in total. The van der Waals surface area contributed by atoms with Crippen molar-refractivity contribution in [1.82, 2.24) is 4.90 Å². The number of benzene rings is 1. The average molecular weight is 618 g/mol. The van der Waals surface area contributed by atoms with Crippen molar-refractivity contribution in [2.45, 2.75) is 43.6 Å². The van der Waals surface area contributed by atoms with E-state index in [-0.39, 0.29) is 42.3 Å². The number of carbonyl (C=O) groups excluding carboxylic acids is 5. The summed E-state index contributed by atoms with van der Waals surface area (Å²) in [6, 6.07) is 1.50. The second-order valence-electron chi connectivity index (χ2n) is 11.1. The molecule has 4 rings (SSSR count). The third-order valence-electron chi connectivity index (χ3n) is 8.47. The van der Waals surface area contributed by atoms with Crippen molar-refractivity contribution in [1.29, 1.82) is 0 Å². The number of hydrogen-bond acceptors (Lipinski definition) is 14. The lowest BCUT2D eigenvalue weighted by Gasteiger charge is -2.54. The maximum atomic E-state index is 13.9. The number of aliphatic hydroxyl groups is 4. The van der Waals surface area contributed by atoms with Crippen LogP contribution in [-0.2, 0) is 28.7 Å². The zero-order chi connectivity index (χ0) is 32.8. The molecule has 1 aromatic carbocycles. The standard InChI is InChI=1S/C29H35N3O12/c1-5-44-28(41)12(8-33)9-43-10-31-14-7-6-13-11(2)15-17(22(35)16(13)21(14)34)25(38)29(42)19(23(15)36)20(32(3)4)24(37)18(26(29)39)27(30)40/h6-8,11-12,19-20,23,25,31,34,36,38-39,42H,5,9-10H2,1-4H3,(H2,30,40)/t11?,12?,19?,20-,23?,25?,29?/m0/s1. The highest BCUT2D eigenvalue weighted by Gasteiger charge is 2.66. The number of anilines is 1. The Morgan fingerprint density at radius 2 is 1.86 bits per heavy atom. The number of Topliss-reactive ketones (excluding diaryl/α,β-unsaturated/α-hetero) is 2. The molecule has 0 bridgehead atoms. The number of hydrogen-bond donors (Lipinski definition) is 7. The fourth-order valence-corrected chi connectivity index (χ4v) is 6.40. The second-order valence-corrected chi connectivity index (χ2v) is 11.1. The number of fused-ring (bicyclic) bond motifs is 2. The number of carbonyl (C=O) groups is 5. The number of rotatable bonds is 10. The highest BCUT2D eigenvalue weighted by atomic mass is 16.5. The third-order valence-corrected chi connectivity index (χ3v) is 8.47. The molecule has 0 aliphatic heterocycles. The summed E-state index contributed by atoms with van der Waals surface area (Å²) in [6.45, 7) is 2.63. The lowest BCUT2D eigenvalue weighted by Crippen LogP contribution is -2.70. The monoisotopic (exact) mass is 617 g/mol. The summed E-state index contributed by atoms with van der Waals surface area (Å²) < 4.78 is 10.1. The van der Waals surface area contributed by atoms with Crippen LogP contribution in [0.3, 0.4) is 0 Å². The zero-order valence-electron chi connectivity index (χ0n) is 24.4. The van der Waals surface area contributed by atoms with Crippen LogP contribution in [0.2, 0.25) is 0 Å². The molecule has 6 unspecified atom stereocenters. The van der Waals surface area contributed by atoms with E-state index in [2.05, 4.69) is 5.32 Å². The zero-order valence-corrected chi connectivity index (χ0v) is 24.4. The van der Waals surface area contributed by atoms with Crippen molar-refractivity contribution in [3.63, 3.8) is 0 Å². The van der Waals surface area contributed by atoms with E-state index in [0.29, 0.717) is 6.29 Å². The van der Waals surface area contributed by atoms with Crippen molar-refractivity contribution in [2.75, 3.05) is 39.4 Å². The quantitative estimate of drug-likeness (QED) is 0.0305. The molecule has 238 valence electrons.